The van der Waals surface area contributed by atoms with Gasteiger partial charge in [0.05, 0.1) is 16.5 Å². The van der Waals surface area contributed by atoms with Crippen LogP contribution in [0.5, 0.6) is 11.5 Å². The number of hydrogen-bond acceptors (Lipinski definition) is 4. The third kappa shape index (κ3) is 5.26. The second-order valence-corrected chi connectivity index (χ2v) is 10.3. The molecule has 3 aromatic rings. The minimum absolute atomic E-state index is 0.156. The Labute approximate surface area is 195 Å². The molecule has 1 aliphatic heterocycles. The van der Waals surface area contributed by atoms with Gasteiger partial charge in [-0.25, -0.2) is 8.42 Å². The van der Waals surface area contributed by atoms with Crippen LogP contribution in [0.1, 0.15) is 24.0 Å². The molecule has 0 bridgehead atoms. The van der Waals surface area contributed by atoms with Crippen LogP contribution in [0.25, 0.3) is 0 Å². The van der Waals surface area contributed by atoms with Crippen LogP contribution in [-0.4, -0.2) is 31.7 Å². The molecule has 1 N–H and O–H groups in total. The quantitative estimate of drug-likeness (QED) is 0.548. The summed E-state index contributed by atoms with van der Waals surface area (Å²) in [4.78, 5) is 13.4. The van der Waals surface area contributed by atoms with E-state index in [-0.39, 0.29) is 12.5 Å². The lowest BCUT2D eigenvalue weighted by Gasteiger charge is -2.31. The van der Waals surface area contributed by atoms with E-state index in [2.05, 4.69) is 5.32 Å². The zero-order chi connectivity index (χ0) is 23.4. The maximum atomic E-state index is 13.3. The monoisotopic (exact) mass is 464 g/mol. The summed E-state index contributed by atoms with van der Waals surface area (Å²) >= 11 is 0. The fourth-order valence-electron chi connectivity index (χ4n) is 4.01. The zero-order valence-electron chi connectivity index (χ0n) is 18.8. The molecule has 3 aromatic carbocycles. The Kier molecular flexibility index (Phi) is 6.81. The minimum Gasteiger partial charge on any atom is -0.455 e. The Morgan fingerprint density at radius 1 is 1.00 bits per heavy atom. The first-order chi connectivity index (χ1) is 15.8. The summed E-state index contributed by atoms with van der Waals surface area (Å²) in [6.07, 6.45) is 1.26. The number of nitrogens with one attached hydrogen (secondary N) is 1. The van der Waals surface area contributed by atoms with Crippen molar-refractivity contribution >= 4 is 21.6 Å². The Bertz CT molecular complexity index is 1240. The second-order valence-electron chi connectivity index (χ2n) is 8.37. The van der Waals surface area contributed by atoms with Gasteiger partial charge in [0.1, 0.15) is 5.75 Å². The number of benzene rings is 3. The van der Waals surface area contributed by atoms with Gasteiger partial charge in [0.15, 0.2) is 5.75 Å². The van der Waals surface area contributed by atoms with Gasteiger partial charge in [0.25, 0.3) is 0 Å². The SMILES string of the molecule is Cc1ccc(C)c(S(=O)(=O)N2CCC[C@@H](C(=O)Nc3ccccc3Oc3ccccc3)C2)c1. The molecule has 4 rings (SSSR count). The Morgan fingerprint density at radius 3 is 2.52 bits per heavy atom. The van der Waals surface area contributed by atoms with Crippen molar-refractivity contribution in [2.75, 3.05) is 18.4 Å². The Balaban J connectivity index is 1.49. The number of piperidine rings is 1. The number of sulfonamides is 1. The molecule has 0 saturated carbocycles. The van der Waals surface area contributed by atoms with Gasteiger partial charge in [0, 0.05) is 13.1 Å². The van der Waals surface area contributed by atoms with Crippen molar-refractivity contribution in [2.45, 2.75) is 31.6 Å². The van der Waals surface area contributed by atoms with Crippen LogP contribution >= 0.6 is 0 Å². The fourth-order valence-corrected chi connectivity index (χ4v) is 5.84. The van der Waals surface area contributed by atoms with Crippen LogP contribution in [0.3, 0.4) is 0 Å². The molecule has 7 heteroatoms. The average Bonchev–Trinajstić information content (AvgIpc) is 2.82. The lowest BCUT2D eigenvalue weighted by atomic mass is 9.98. The van der Waals surface area contributed by atoms with Crippen molar-refractivity contribution in [1.82, 2.24) is 4.31 Å². The third-order valence-electron chi connectivity index (χ3n) is 5.83. The van der Waals surface area contributed by atoms with Crippen LogP contribution in [-0.2, 0) is 14.8 Å². The van der Waals surface area contributed by atoms with Gasteiger partial charge < -0.3 is 10.1 Å². The maximum absolute atomic E-state index is 13.3. The van der Waals surface area contributed by atoms with Crippen LogP contribution in [0, 0.1) is 19.8 Å². The minimum atomic E-state index is -3.67. The highest BCUT2D eigenvalue weighted by Gasteiger charge is 2.34. The normalized spacial score (nSPS) is 16.8. The van der Waals surface area contributed by atoms with Crippen LogP contribution in [0.2, 0.25) is 0 Å². The van der Waals surface area contributed by atoms with Gasteiger partial charge in [-0.3, -0.25) is 4.79 Å². The molecule has 33 heavy (non-hydrogen) atoms. The van der Waals surface area contributed by atoms with E-state index in [1.54, 1.807) is 25.1 Å². The summed E-state index contributed by atoms with van der Waals surface area (Å²) in [5.41, 5.74) is 2.15. The van der Waals surface area contributed by atoms with E-state index in [4.69, 9.17) is 4.74 Å². The number of aryl methyl sites for hydroxylation is 2. The summed E-state index contributed by atoms with van der Waals surface area (Å²) in [5, 5.41) is 2.95. The van der Waals surface area contributed by atoms with E-state index >= 15 is 0 Å². The van der Waals surface area contributed by atoms with Gasteiger partial charge >= 0.3 is 0 Å². The average molecular weight is 465 g/mol. The topological polar surface area (TPSA) is 75.7 Å². The van der Waals surface area contributed by atoms with E-state index in [0.717, 1.165) is 5.56 Å². The highest BCUT2D eigenvalue weighted by Crippen LogP contribution is 2.31. The maximum Gasteiger partial charge on any atom is 0.243 e. The first-order valence-electron chi connectivity index (χ1n) is 11.0. The molecule has 1 heterocycles. The van der Waals surface area contributed by atoms with Gasteiger partial charge in [0.2, 0.25) is 15.9 Å². The molecule has 1 saturated heterocycles. The molecular weight excluding hydrogens is 436 g/mol. The number of hydrogen-bond donors (Lipinski definition) is 1. The predicted octanol–water partition coefficient (Wildman–Crippen LogP) is 5.14. The number of nitrogens with zero attached hydrogens (tertiary/aromatic N) is 1. The van der Waals surface area contributed by atoms with Crippen molar-refractivity contribution < 1.29 is 17.9 Å². The molecule has 172 valence electrons. The van der Waals surface area contributed by atoms with Gasteiger partial charge in [-0.15, -0.1) is 0 Å². The molecular formula is C26H28N2O4S. The highest BCUT2D eigenvalue weighted by atomic mass is 32.2. The summed E-state index contributed by atoms with van der Waals surface area (Å²) in [5.74, 6) is 0.554. The lowest BCUT2D eigenvalue weighted by Crippen LogP contribution is -2.43. The van der Waals surface area contributed by atoms with Gasteiger partial charge in [-0.2, -0.15) is 4.31 Å². The van der Waals surface area contributed by atoms with Gasteiger partial charge in [-0.1, -0.05) is 42.5 Å². The predicted molar refractivity (Wildman–Crippen MR) is 129 cm³/mol. The van der Waals surface area contributed by atoms with Crippen molar-refractivity contribution in [3.8, 4) is 11.5 Å². The summed E-state index contributed by atoms with van der Waals surface area (Å²) in [6, 6.07) is 22.0. The molecule has 1 aliphatic rings. The largest absolute Gasteiger partial charge is 0.455 e. The first kappa shape index (κ1) is 23.0. The molecule has 0 aliphatic carbocycles. The Hall–Kier alpha value is -3.16. The molecule has 0 aromatic heterocycles. The number of para-hydroxylation sites is 3. The number of amides is 1. The van der Waals surface area contributed by atoms with Crippen LogP contribution in [0.15, 0.2) is 77.7 Å². The molecule has 0 spiro atoms. The van der Waals surface area contributed by atoms with Gasteiger partial charge in [-0.05, 0) is 68.1 Å². The highest BCUT2D eigenvalue weighted by molar-refractivity contribution is 7.89. The van der Waals surface area contributed by atoms with E-state index in [9.17, 15) is 13.2 Å². The molecule has 1 fully saturated rings. The van der Waals surface area contributed by atoms with Crippen LogP contribution < -0.4 is 10.1 Å². The molecule has 0 unspecified atom stereocenters. The number of ether oxygens (including phenoxy) is 1. The summed E-state index contributed by atoms with van der Waals surface area (Å²) in [6.45, 7) is 4.24. The van der Waals surface area contributed by atoms with E-state index in [0.29, 0.717) is 47.0 Å². The van der Waals surface area contributed by atoms with E-state index < -0.39 is 15.9 Å². The number of carbonyl (C=O) groups is 1. The molecule has 1 amide bonds. The smallest absolute Gasteiger partial charge is 0.243 e. The summed E-state index contributed by atoms with van der Waals surface area (Å²) < 4.78 is 34.0. The number of anilines is 1. The molecule has 0 radical (unpaired) electrons. The van der Waals surface area contributed by atoms with Crippen molar-refractivity contribution in [3.63, 3.8) is 0 Å². The lowest BCUT2D eigenvalue weighted by molar-refractivity contribution is -0.120. The zero-order valence-corrected chi connectivity index (χ0v) is 19.6. The second kappa shape index (κ2) is 9.77. The van der Waals surface area contributed by atoms with E-state index in [1.807, 2.05) is 61.5 Å². The summed E-state index contributed by atoms with van der Waals surface area (Å²) in [7, 11) is -3.67. The van der Waals surface area contributed by atoms with Crippen molar-refractivity contribution in [1.29, 1.82) is 0 Å². The standard InChI is InChI=1S/C26H28N2O4S/c1-19-14-15-20(2)25(17-19)33(30,31)28-16-8-9-21(18-28)26(29)27-23-12-6-7-13-24(23)32-22-10-4-3-5-11-22/h3-7,10-15,17,21H,8-9,16,18H2,1-2H3,(H,27,29)/t21-/m1/s1. The number of carbonyl (C=O) groups excluding carboxylic acids is 1. The molecule has 1 atom stereocenters. The molecule has 6 nitrogen and oxygen atoms in total. The van der Waals surface area contributed by atoms with E-state index in [1.165, 1.54) is 4.31 Å². The van der Waals surface area contributed by atoms with Crippen molar-refractivity contribution in [2.24, 2.45) is 5.92 Å². The van der Waals surface area contributed by atoms with Crippen molar-refractivity contribution in [3.05, 3.63) is 83.9 Å². The fraction of sp³-hybridized carbons (Fsp3) is 0.269. The number of rotatable bonds is 6. The van der Waals surface area contributed by atoms with Crippen LogP contribution in [0.4, 0.5) is 5.69 Å². The first-order valence-corrected chi connectivity index (χ1v) is 12.5. The Morgan fingerprint density at radius 2 is 1.73 bits per heavy atom. The third-order valence-corrected chi connectivity index (χ3v) is 7.84.